The predicted octanol–water partition coefficient (Wildman–Crippen LogP) is 2.93. The van der Waals surface area contributed by atoms with Crippen LogP contribution in [0.2, 0.25) is 0 Å². The van der Waals surface area contributed by atoms with Crippen LogP contribution >= 0.6 is 0 Å². The SMILES string of the molecule is N[C@H](c1ccc(NCc2ccccc2)cc1)C(F)(F)CO. The van der Waals surface area contributed by atoms with Gasteiger partial charge in [0.2, 0.25) is 0 Å². The summed E-state index contributed by atoms with van der Waals surface area (Å²) >= 11 is 0. The summed E-state index contributed by atoms with van der Waals surface area (Å²) < 4.78 is 26.6. The lowest BCUT2D eigenvalue weighted by Gasteiger charge is -2.21. The molecule has 0 heterocycles. The summed E-state index contributed by atoms with van der Waals surface area (Å²) in [5.74, 6) is -3.32. The third kappa shape index (κ3) is 4.00. The van der Waals surface area contributed by atoms with Crippen molar-refractivity contribution in [3.8, 4) is 0 Å². The first-order chi connectivity index (χ1) is 10.0. The van der Waals surface area contributed by atoms with E-state index in [4.69, 9.17) is 10.8 Å². The minimum atomic E-state index is -3.32. The molecule has 0 spiro atoms. The van der Waals surface area contributed by atoms with Crippen LogP contribution in [0.25, 0.3) is 0 Å². The fourth-order valence-corrected chi connectivity index (χ4v) is 1.95. The van der Waals surface area contributed by atoms with Gasteiger partial charge in [0.15, 0.2) is 0 Å². The molecule has 0 unspecified atom stereocenters. The Morgan fingerprint density at radius 3 is 2.24 bits per heavy atom. The van der Waals surface area contributed by atoms with Crippen molar-refractivity contribution in [3.63, 3.8) is 0 Å². The summed E-state index contributed by atoms with van der Waals surface area (Å²) in [6, 6.07) is 14.8. The molecule has 4 N–H and O–H groups in total. The van der Waals surface area contributed by atoms with E-state index >= 15 is 0 Å². The molecular formula is C16H18F2N2O. The molecule has 0 aliphatic rings. The zero-order valence-electron chi connectivity index (χ0n) is 11.5. The van der Waals surface area contributed by atoms with Crippen LogP contribution in [0.1, 0.15) is 17.2 Å². The number of nitrogens with two attached hydrogens (primary N) is 1. The number of benzene rings is 2. The molecule has 2 aromatic carbocycles. The van der Waals surface area contributed by atoms with E-state index in [1.165, 1.54) is 0 Å². The minimum Gasteiger partial charge on any atom is -0.390 e. The van der Waals surface area contributed by atoms with Gasteiger partial charge in [0.25, 0.3) is 5.92 Å². The molecular weight excluding hydrogens is 274 g/mol. The van der Waals surface area contributed by atoms with Crippen molar-refractivity contribution in [2.75, 3.05) is 11.9 Å². The van der Waals surface area contributed by atoms with Gasteiger partial charge < -0.3 is 16.2 Å². The van der Waals surface area contributed by atoms with E-state index in [2.05, 4.69) is 5.32 Å². The third-order valence-corrected chi connectivity index (χ3v) is 3.28. The van der Waals surface area contributed by atoms with Crippen LogP contribution in [0.5, 0.6) is 0 Å². The van der Waals surface area contributed by atoms with Gasteiger partial charge in [-0.3, -0.25) is 0 Å². The maximum atomic E-state index is 13.3. The molecule has 0 amide bonds. The van der Waals surface area contributed by atoms with Gasteiger partial charge >= 0.3 is 0 Å². The fraction of sp³-hybridized carbons (Fsp3) is 0.250. The van der Waals surface area contributed by atoms with Gasteiger partial charge in [0.05, 0.1) is 6.04 Å². The molecule has 0 saturated heterocycles. The van der Waals surface area contributed by atoms with Crippen molar-refractivity contribution >= 4 is 5.69 Å². The topological polar surface area (TPSA) is 58.3 Å². The lowest BCUT2D eigenvalue weighted by atomic mass is 10.0. The summed E-state index contributed by atoms with van der Waals surface area (Å²) in [6.45, 7) is -0.610. The van der Waals surface area contributed by atoms with Crippen molar-refractivity contribution in [2.45, 2.75) is 18.5 Å². The van der Waals surface area contributed by atoms with Gasteiger partial charge in [-0.25, -0.2) is 8.78 Å². The Morgan fingerprint density at radius 1 is 1.05 bits per heavy atom. The molecule has 3 nitrogen and oxygen atoms in total. The van der Waals surface area contributed by atoms with E-state index in [1.807, 2.05) is 30.3 Å². The Labute approximate surface area is 122 Å². The molecule has 21 heavy (non-hydrogen) atoms. The quantitative estimate of drug-likeness (QED) is 0.767. The van der Waals surface area contributed by atoms with Crippen LogP contribution in [0.4, 0.5) is 14.5 Å². The Hall–Kier alpha value is -1.98. The minimum absolute atomic E-state index is 0.291. The Morgan fingerprint density at radius 2 is 1.67 bits per heavy atom. The average molecular weight is 292 g/mol. The van der Waals surface area contributed by atoms with Crippen LogP contribution < -0.4 is 11.1 Å². The Kier molecular flexibility index (Phi) is 4.88. The number of alkyl halides is 2. The van der Waals surface area contributed by atoms with Crippen LogP contribution in [-0.4, -0.2) is 17.6 Å². The summed E-state index contributed by atoms with van der Waals surface area (Å²) in [4.78, 5) is 0. The van der Waals surface area contributed by atoms with E-state index < -0.39 is 18.6 Å². The summed E-state index contributed by atoms with van der Waals surface area (Å²) in [5.41, 5.74) is 7.71. The third-order valence-electron chi connectivity index (χ3n) is 3.28. The van der Waals surface area contributed by atoms with E-state index in [0.717, 1.165) is 11.3 Å². The highest BCUT2D eigenvalue weighted by molar-refractivity contribution is 5.46. The number of aliphatic hydroxyl groups excluding tert-OH is 1. The zero-order chi connectivity index (χ0) is 15.3. The maximum absolute atomic E-state index is 13.3. The van der Waals surface area contributed by atoms with Gasteiger partial charge in [0, 0.05) is 12.2 Å². The first-order valence-corrected chi connectivity index (χ1v) is 6.65. The predicted molar refractivity (Wildman–Crippen MR) is 79.2 cm³/mol. The van der Waals surface area contributed by atoms with Crippen LogP contribution in [0.15, 0.2) is 54.6 Å². The zero-order valence-corrected chi connectivity index (χ0v) is 11.5. The maximum Gasteiger partial charge on any atom is 0.289 e. The monoisotopic (exact) mass is 292 g/mol. The van der Waals surface area contributed by atoms with Crippen molar-refractivity contribution in [3.05, 3.63) is 65.7 Å². The highest BCUT2D eigenvalue weighted by Crippen LogP contribution is 2.29. The molecule has 112 valence electrons. The van der Waals surface area contributed by atoms with E-state index in [0.29, 0.717) is 12.1 Å². The molecule has 0 radical (unpaired) electrons. The molecule has 2 aromatic rings. The number of halogens is 2. The molecule has 0 aliphatic carbocycles. The highest BCUT2D eigenvalue weighted by atomic mass is 19.3. The van der Waals surface area contributed by atoms with Crippen molar-refractivity contribution in [2.24, 2.45) is 5.73 Å². The largest absolute Gasteiger partial charge is 0.390 e. The molecule has 1 atom stereocenters. The second kappa shape index (κ2) is 6.65. The fourth-order valence-electron chi connectivity index (χ4n) is 1.95. The molecule has 0 fully saturated rings. The second-order valence-electron chi connectivity index (χ2n) is 4.86. The smallest absolute Gasteiger partial charge is 0.289 e. The number of aliphatic hydroxyl groups is 1. The first-order valence-electron chi connectivity index (χ1n) is 6.65. The average Bonchev–Trinajstić information content (AvgIpc) is 2.53. The molecule has 0 bridgehead atoms. The van der Waals surface area contributed by atoms with Crippen LogP contribution in [0.3, 0.4) is 0 Å². The number of nitrogens with one attached hydrogen (secondary N) is 1. The molecule has 0 aliphatic heterocycles. The Balaban J connectivity index is 1.99. The Bertz CT molecular complexity index is 558. The number of anilines is 1. The normalized spacial score (nSPS) is 13.0. The standard InChI is InChI=1S/C16H18F2N2O/c17-16(18,11-21)15(19)13-6-8-14(9-7-13)20-10-12-4-2-1-3-5-12/h1-9,15,20-21H,10-11,19H2/t15-/m1/s1. The van der Waals surface area contributed by atoms with Crippen molar-refractivity contribution < 1.29 is 13.9 Å². The van der Waals surface area contributed by atoms with Gasteiger partial charge in [-0.15, -0.1) is 0 Å². The molecule has 0 saturated carbocycles. The summed E-state index contributed by atoms with van der Waals surface area (Å²) in [6.07, 6.45) is 0. The molecule has 5 heteroatoms. The lowest BCUT2D eigenvalue weighted by Crippen LogP contribution is -2.36. The molecule has 0 aromatic heterocycles. The lowest BCUT2D eigenvalue weighted by molar-refractivity contribution is -0.0711. The van der Waals surface area contributed by atoms with Gasteiger partial charge in [-0.2, -0.15) is 0 Å². The summed E-state index contributed by atoms with van der Waals surface area (Å²) in [5, 5.41) is 11.9. The first kappa shape index (κ1) is 15.4. The second-order valence-corrected chi connectivity index (χ2v) is 4.86. The van der Waals surface area contributed by atoms with E-state index in [-0.39, 0.29) is 0 Å². The molecule has 2 rings (SSSR count). The number of hydrogen-bond acceptors (Lipinski definition) is 3. The van der Waals surface area contributed by atoms with E-state index in [9.17, 15) is 8.78 Å². The van der Waals surface area contributed by atoms with Crippen molar-refractivity contribution in [1.29, 1.82) is 0 Å². The van der Waals surface area contributed by atoms with Crippen molar-refractivity contribution in [1.82, 2.24) is 0 Å². The van der Waals surface area contributed by atoms with Gasteiger partial charge in [-0.05, 0) is 23.3 Å². The van der Waals surface area contributed by atoms with Crippen LogP contribution in [-0.2, 0) is 6.54 Å². The van der Waals surface area contributed by atoms with Crippen LogP contribution in [0, 0.1) is 0 Å². The van der Waals surface area contributed by atoms with Gasteiger partial charge in [-0.1, -0.05) is 42.5 Å². The number of rotatable bonds is 6. The van der Waals surface area contributed by atoms with E-state index in [1.54, 1.807) is 24.3 Å². The van der Waals surface area contributed by atoms with Gasteiger partial charge in [0.1, 0.15) is 6.61 Å². The number of hydrogen-bond donors (Lipinski definition) is 3. The highest BCUT2D eigenvalue weighted by Gasteiger charge is 2.37. The summed E-state index contributed by atoms with van der Waals surface area (Å²) in [7, 11) is 0.